The number of rotatable bonds is 5. The molecule has 1 heterocycles. The van der Waals surface area contributed by atoms with Crippen LogP contribution in [0.2, 0.25) is 0 Å². The maximum Gasteiger partial charge on any atom is 0.404 e. The van der Waals surface area contributed by atoms with Gasteiger partial charge in [-0.05, 0) is 45.3 Å². The Labute approximate surface area is 78.9 Å². The van der Waals surface area contributed by atoms with E-state index in [0.717, 1.165) is 19.4 Å². The van der Waals surface area contributed by atoms with Gasteiger partial charge in [-0.25, -0.2) is 4.79 Å². The first-order valence-electron chi connectivity index (χ1n) is 4.98. The molecule has 1 amide bonds. The van der Waals surface area contributed by atoms with Crippen molar-refractivity contribution in [2.45, 2.75) is 25.7 Å². The van der Waals surface area contributed by atoms with E-state index in [1.807, 2.05) is 0 Å². The molecule has 1 saturated heterocycles. The second-order valence-corrected chi connectivity index (χ2v) is 3.49. The fourth-order valence-corrected chi connectivity index (χ4v) is 1.66. The van der Waals surface area contributed by atoms with Crippen molar-refractivity contribution in [2.75, 3.05) is 26.2 Å². The van der Waals surface area contributed by atoms with Crippen molar-refractivity contribution in [1.82, 2.24) is 10.2 Å². The average molecular weight is 186 g/mol. The minimum absolute atomic E-state index is 0.586. The average Bonchev–Trinajstić information content (AvgIpc) is 2.55. The number of hydrogen-bond acceptors (Lipinski definition) is 2. The van der Waals surface area contributed by atoms with E-state index in [2.05, 4.69) is 10.2 Å². The maximum atomic E-state index is 10.1. The van der Waals surface area contributed by atoms with Crippen molar-refractivity contribution in [1.29, 1.82) is 0 Å². The molecule has 1 aliphatic rings. The SMILES string of the molecule is O=C(O)NCCCCN1CCCC1. The highest BCUT2D eigenvalue weighted by Crippen LogP contribution is 2.07. The van der Waals surface area contributed by atoms with E-state index in [-0.39, 0.29) is 0 Å². The lowest BCUT2D eigenvalue weighted by atomic mass is 10.3. The molecule has 2 N–H and O–H groups in total. The van der Waals surface area contributed by atoms with Gasteiger partial charge in [-0.15, -0.1) is 0 Å². The van der Waals surface area contributed by atoms with Gasteiger partial charge in [0, 0.05) is 6.54 Å². The molecule has 4 nitrogen and oxygen atoms in total. The third-order valence-electron chi connectivity index (χ3n) is 2.38. The second-order valence-electron chi connectivity index (χ2n) is 3.49. The highest BCUT2D eigenvalue weighted by Gasteiger charge is 2.09. The first-order chi connectivity index (χ1) is 6.29. The van der Waals surface area contributed by atoms with Crippen LogP contribution in [0.1, 0.15) is 25.7 Å². The first kappa shape index (κ1) is 10.3. The summed E-state index contributed by atoms with van der Waals surface area (Å²) in [6.07, 6.45) is 3.78. The summed E-state index contributed by atoms with van der Waals surface area (Å²) < 4.78 is 0. The van der Waals surface area contributed by atoms with Gasteiger partial charge >= 0.3 is 6.09 Å². The number of carboxylic acid groups (broad SMARTS) is 1. The van der Waals surface area contributed by atoms with Crippen LogP contribution in [0.15, 0.2) is 0 Å². The first-order valence-corrected chi connectivity index (χ1v) is 4.98. The molecule has 13 heavy (non-hydrogen) atoms. The number of nitrogens with one attached hydrogen (secondary N) is 1. The molecule has 1 fully saturated rings. The van der Waals surface area contributed by atoms with Crippen molar-refractivity contribution in [3.8, 4) is 0 Å². The molecular formula is C9H18N2O2. The van der Waals surface area contributed by atoms with Crippen molar-refractivity contribution in [3.63, 3.8) is 0 Å². The Kier molecular flexibility index (Phi) is 4.60. The molecule has 0 aromatic rings. The number of likely N-dealkylation sites (tertiary alicyclic amines) is 1. The van der Waals surface area contributed by atoms with Gasteiger partial charge in [0.15, 0.2) is 0 Å². The minimum atomic E-state index is -0.916. The second kappa shape index (κ2) is 5.80. The number of carbonyl (C=O) groups is 1. The van der Waals surface area contributed by atoms with E-state index in [4.69, 9.17) is 5.11 Å². The molecule has 76 valence electrons. The van der Waals surface area contributed by atoms with E-state index in [0.29, 0.717) is 6.54 Å². The highest BCUT2D eigenvalue weighted by atomic mass is 16.4. The molecule has 0 aromatic heterocycles. The molecule has 1 rings (SSSR count). The molecule has 0 unspecified atom stereocenters. The molecule has 0 saturated carbocycles. The molecule has 0 bridgehead atoms. The smallest absolute Gasteiger partial charge is 0.404 e. The summed E-state index contributed by atoms with van der Waals surface area (Å²) in [5, 5.41) is 10.7. The lowest BCUT2D eigenvalue weighted by molar-refractivity contribution is 0.194. The third-order valence-corrected chi connectivity index (χ3v) is 2.38. The number of hydrogen-bond donors (Lipinski definition) is 2. The molecular weight excluding hydrogens is 168 g/mol. The molecule has 1 aliphatic heterocycles. The summed E-state index contributed by atoms with van der Waals surface area (Å²) in [6, 6.07) is 0. The zero-order valence-corrected chi connectivity index (χ0v) is 7.96. The van der Waals surface area contributed by atoms with E-state index < -0.39 is 6.09 Å². The largest absolute Gasteiger partial charge is 0.465 e. The van der Waals surface area contributed by atoms with Crippen LogP contribution < -0.4 is 5.32 Å². The Balaban J connectivity index is 1.86. The zero-order chi connectivity index (χ0) is 9.52. The van der Waals surface area contributed by atoms with Gasteiger partial charge in [0.2, 0.25) is 0 Å². The maximum absolute atomic E-state index is 10.1. The predicted molar refractivity (Wildman–Crippen MR) is 50.9 cm³/mol. The molecule has 0 spiro atoms. The third kappa shape index (κ3) is 4.72. The minimum Gasteiger partial charge on any atom is -0.465 e. The predicted octanol–water partition coefficient (Wildman–Crippen LogP) is 1.13. The van der Waals surface area contributed by atoms with Crippen molar-refractivity contribution in [2.24, 2.45) is 0 Å². The van der Waals surface area contributed by atoms with Crippen molar-refractivity contribution < 1.29 is 9.90 Å². The van der Waals surface area contributed by atoms with E-state index in [1.165, 1.54) is 25.9 Å². The Morgan fingerprint density at radius 2 is 2.00 bits per heavy atom. The quantitative estimate of drug-likeness (QED) is 0.633. The molecule has 0 atom stereocenters. The van der Waals surface area contributed by atoms with E-state index in [9.17, 15) is 4.79 Å². The van der Waals surface area contributed by atoms with Gasteiger partial charge in [-0.2, -0.15) is 0 Å². The van der Waals surface area contributed by atoms with Crippen LogP contribution in [0, 0.1) is 0 Å². The summed E-state index contributed by atoms with van der Waals surface area (Å²) in [5.74, 6) is 0. The number of unbranched alkanes of at least 4 members (excludes halogenated alkanes) is 1. The fourth-order valence-electron chi connectivity index (χ4n) is 1.66. The topological polar surface area (TPSA) is 52.6 Å². The van der Waals surface area contributed by atoms with Gasteiger partial charge in [-0.3, -0.25) is 0 Å². The van der Waals surface area contributed by atoms with Crippen LogP contribution >= 0.6 is 0 Å². The standard InChI is InChI=1S/C9H18N2O2/c12-9(13)10-5-1-2-6-11-7-3-4-8-11/h10H,1-8H2,(H,12,13). The van der Waals surface area contributed by atoms with Crippen LogP contribution in [-0.4, -0.2) is 42.3 Å². The Morgan fingerprint density at radius 3 is 2.62 bits per heavy atom. The molecule has 4 heteroatoms. The van der Waals surface area contributed by atoms with Gasteiger partial charge in [0.1, 0.15) is 0 Å². The van der Waals surface area contributed by atoms with Crippen LogP contribution in [0.5, 0.6) is 0 Å². The Bertz CT molecular complexity index is 156. The van der Waals surface area contributed by atoms with Gasteiger partial charge in [0.05, 0.1) is 0 Å². The Hall–Kier alpha value is -0.770. The van der Waals surface area contributed by atoms with E-state index >= 15 is 0 Å². The summed E-state index contributed by atoms with van der Waals surface area (Å²) in [7, 11) is 0. The zero-order valence-electron chi connectivity index (χ0n) is 7.96. The fraction of sp³-hybridized carbons (Fsp3) is 0.889. The van der Waals surface area contributed by atoms with Gasteiger partial charge in [0.25, 0.3) is 0 Å². The van der Waals surface area contributed by atoms with Crippen molar-refractivity contribution in [3.05, 3.63) is 0 Å². The monoisotopic (exact) mass is 186 g/mol. The Morgan fingerprint density at radius 1 is 1.31 bits per heavy atom. The summed E-state index contributed by atoms with van der Waals surface area (Å²) in [6.45, 7) is 4.17. The molecule has 0 radical (unpaired) electrons. The summed E-state index contributed by atoms with van der Waals surface area (Å²) in [5.41, 5.74) is 0. The van der Waals surface area contributed by atoms with E-state index in [1.54, 1.807) is 0 Å². The van der Waals surface area contributed by atoms with Crippen LogP contribution in [0.4, 0.5) is 4.79 Å². The number of nitrogens with zero attached hydrogens (tertiary/aromatic N) is 1. The van der Waals surface area contributed by atoms with Crippen LogP contribution in [-0.2, 0) is 0 Å². The highest BCUT2D eigenvalue weighted by molar-refractivity contribution is 5.64. The molecule has 0 aromatic carbocycles. The molecule has 0 aliphatic carbocycles. The van der Waals surface area contributed by atoms with Crippen LogP contribution in [0.3, 0.4) is 0 Å². The van der Waals surface area contributed by atoms with Gasteiger partial charge < -0.3 is 15.3 Å². The summed E-state index contributed by atoms with van der Waals surface area (Å²) in [4.78, 5) is 12.5. The lowest BCUT2D eigenvalue weighted by Gasteiger charge is -2.13. The van der Waals surface area contributed by atoms with Gasteiger partial charge in [-0.1, -0.05) is 0 Å². The lowest BCUT2D eigenvalue weighted by Crippen LogP contribution is -2.24. The van der Waals surface area contributed by atoms with Crippen molar-refractivity contribution >= 4 is 6.09 Å². The normalized spacial score (nSPS) is 17.5. The number of amides is 1. The summed E-state index contributed by atoms with van der Waals surface area (Å²) >= 11 is 0. The van der Waals surface area contributed by atoms with Crippen LogP contribution in [0.25, 0.3) is 0 Å².